The monoisotopic (exact) mass is 175 g/mol. The Balaban J connectivity index is 2.55. The van der Waals surface area contributed by atoms with Crippen molar-refractivity contribution < 1.29 is 4.58 Å². The predicted octanol–water partition coefficient (Wildman–Crippen LogP) is 0.851. The summed E-state index contributed by atoms with van der Waals surface area (Å²) >= 11 is 0. The fourth-order valence-corrected chi connectivity index (χ4v) is 1.78. The predicted molar refractivity (Wildman–Crippen MR) is 54.4 cm³/mol. The number of fused-ring (bicyclic) bond motifs is 1. The molecule has 2 heteroatoms. The third-order valence-electron chi connectivity index (χ3n) is 2.41. The van der Waals surface area contributed by atoms with E-state index in [1.807, 2.05) is 0 Å². The fraction of sp³-hybridized carbons (Fsp3) is 0.364. The molecular weight excluding hydrogens is 160 g/mol. The van der Waals surface area contributed by atoms with Gasteiger partial charge in [0.2, 0.25) is 0 Å². The summed E-state index contributed by atoms with van der Waals surface area (Å²) in [6.07, 6.45) is 1.13. The summed E-state index contributed by atoms with van der Waals surface area (Å²) in [6, 6.07) is 8.59. The van der Waals surface area contributed by atoms with Gasteiger partial charge in [-0.1, -0.05) is 18.2 Å². The average Bonchev–Trinajstić information content (AvgIpc) is 2.17. The summed E-state index contributed by atoms with van der Waals surface area (Å²) in [4.78, 5) is 0. The first kappa shape index (κ1) is 8.30. The van der Waals surface area contributed by atoms with Crippen LogP contribution in [0, 0.1) is 0 Å². The highest BCUT2D eigenvalue weighted by Gasteiger charge is 2.19. The molecule has 1 aliphatic heterocycles. The van der Waals surface area contributed by atoms with Gasteiger partial charge in [0.05, 0.1) is 26.2 Å². The lowest BCUT2D eigenvalue weighted by Crippen LogP contribution is -2.37. The molecule has 0 unspecified atom stereocenters. The van der Waals surface area contributed by atoms with Crippen LogP contribution < -0.4 is 5.32 Å². The molecule has 1 heterocycles. The van der Waals surface area contributed by atoms with Crippen LogP contribution >= 0.6 is 0 Å². The second-order valence-corrected chi connectivity index (χ2v) is 3.58. The van der Waals surface area contributed by atoms with Crippen molar-refractivity contribution in [2.75, 3.05) is 20.6 Å². The van der Waals surface area contributed by atoms with Crippen LogP contribution in [0.5, 0.6) is 0 Å². The van der Waals surface area contributed by atoms with Crippen LogP contribution in [0.3, 0.4) is 0 Å². The van der Waals surface area contributed by atoms with Gasteiger partial charge < -0.3 is 0 Å². The maximum atomic E-state index is 3.42. The number of nitrogens with zero attached hydrogens (tertiary/aromatic N) is 1. The molecule has 0 fully saturated rings. The molecule has 0 spiro atoms. The minimum absolute atomic E-state index is 1.05. The third-order valence-corrected chi connectivity index (χ3v) is 2.41. The van der Waals surface area contributed by atoms with Gasteiger partial charge in [-0.3, -0.25) is 9.89 Å². The lowest BCUT2D eigenvalue weighted by molar-refractivity contribution is -0.466. The van der Waals surface area contributed by atoms with Crippen molar-refractivity contribution in [3.8, 4) is 0 Å². The Morgan fingerprint density at radius 3 is 2.77 bits per heavy atom. The fourth-order valence-electron chi connectivity index (χ4n) is 1.78. The molecule has 2 nitrogen and oxygen atoms in total. The van der Waals surface area contributed by atoms with E-state index in [0.717, 1.165) is 13.0 Å². The van der Waals surface area contributed by atoms with E-state index >= 15 is 0 Å². The smallest absolute Gasteiger partial charge is 0.274 e. The van der Waals surface area contributed by atoms with Crippen molar-refractivity contribution >= 4 is 5.84 Å². The second-order valence-electron chi connectivity index (χ2n) is 3.58. The average molecular weight is 175 g/mol. The third kappa shape index (κ3) is 1.44. The lowest BCUT2D eigenvalue weighted by Gasteiger charge is -2.15. The highest BCUT2D eigenvalue weighted by molar-refractivity contribution is 5.97. The van der Waals surface area contributed by atoms with Gasteiger partial charge in [-0.2, -0.15) is 0 Å². The normalized spacial score (nSPS) is 14.8. The Kier molecular flexibility index (Phi) is 2.05. The number of nitrogens with one attached hydrogen (secondary N) is 1. The zero-order valence-electron chi connectivity index (χ0n) is 8.17. The largest absolute Gasteiger partial charge is 0.276 e. The highest BCUT2D eigenvalue weighted by atomic mass is 15.1. The van der Waals surface area contributed by atoms with Crippen LogP contribution in [0.1, 0.15) is 11.1 Å². The Morgan fingerprint density at radius 1 is 1.23 bits per heavy atom. The minimum atomic E-state index is 1.05. The van der Waals surface area contributed by atoms with Crippen molar-refractivity contribution in [3.63, 3.8) is 0 Å². The summed E-state index contributed by atoms with van der Waals surface area (Å²) < 4.78 is 2.14. The van der Waals surface area contributed by atoms with Crippen molar-refractivity contribution in [2.24, 2.45) is 0 Å². The molecule has 2 rings (SSSR count). The van der Waals surface area contributed by atoms with E-state index in [4.69, 9.17) is 0 Å². The van der Waals surface area contributed by atoms with E-state index in [1.165, 1.54) is 17.0 Å². The molecule has 0 amide bonds. The number of rotatable bonds is 0. The molecule has 1 aromatic rings. The van der Waals surface area contributed by atoms with Crippen molar-refractivity contribution in [1.29, 1.82) is 0 Å². The summed E-state index contributed by atoms with van der Waals surface area (Å²) in [7, 11) is 4.15. The molecular formula is C11H15N2+. The minimum Gasteiger partial charge on any atom is -0.274 e. The molecule has 13 heavy (non-hydrogen) atoms. The summed E-state index contributed by atoms with van der Waals surface area (Å²) in [5.41, 5.74) is 2.80. The van der Waals surface area contributed by atoms with Crippen LogP contribution in [0.4, 0.5) is 0 Å². The molecule has 0 saturated heterocycles. The highest BCUT2D eigenvalue weighted by Crippen LogP contribution is 2.12. The van der Waals surface area contributed by atoms with E-state index in [0.29, 0.717) is 0 Å². The Hall–Kier alpha value is -1.31. The molecule has 68 valence electrons. The first-order chi connectivity index (χ1) is 6.29. The van der Waals surface area contributed by atoms with E-state index in [2.05, 4.69) is 48.3 Å². The van der Waals surface area contributed by atoms with Crippen LogP contribution in [-0.4, -0.2) is 31.1 Å². The topological polar surface area (TPSA) is 15.0 Å². The summed E-state index contributed by atoms with van der Waals surface area (Å²) in [5.74, 6) is 1.24. The zero-order chi connectivity index (χ0) is 9.26. The van der Waals surface area contributed by atoms with Crippen LogP contribution in [0.15, 0.2) is 24.3 Å². The molecule has 1 N–H and O–H groups in total. The molecule has 1 aromatic carbocycles. The first-order valence-corrected chi connectivity index (χ1v) is 4.65. The Bertz CT molecular complexity index is 349. The Labute approximate surface area is 78.9 Å². The van der Waals surface area contributed by atoms with Gasteiger partial charge in [0.25, 0.3) is 5.84 Å². The standard InChI is InChI=1S/C11H14N2/c1-13(2)11-10-6-4-3-5-9(10)7-8-12-11/h3-6H,7-8H2,1-2H3/p+1. The molecule has 0 aliphatic carbocycles. The zero-order valence-corrected chi connectivity index (χ0v) is 8.17. The van der Waals surface area contributed by atoms with Crippen LogP contribution in [0.25, 0.3) is 0 Å². The molecule has 1 aliphatic rings. The molecule has 0 atom stereocenters. The van der Waals surface area contributed by atoms with Crippen LogP contribution in [-0.2, 0) is 6.42 Å². The molecule has 0 radical (unpaired) electrons. The molecule has 0 aromatic heterocycles. The van der Waals surface area contributed by atoms with Gasteiger partial charge in [-0.25, -0.2) is 0 Å². The van der Waals surface area contributed by atoms with Gasteiger partial charge >= 0.3 is 0 Å². The van der Waals surface area contributed by atoms with Crippen molar-refractivity contribution in [1.82, 2.24) is 5.32 Å². The van der Waals surface area contributed by atoms with Gasteiger partial charge in [-0.05, 0) is 11.6 Å². The SMILES string of the molecule is C[N+](C)=C1NCCc2ccccc21. The van der Waals surface area contributed by atoms with Gasteiger partial charge in [-0.15, -0.1) is 0 Å². The number of hydrogen-bond donors (Lipinski definition) is 1. The second kappa shape index (κ2) is 3.21. The Morgan fingerprint density at radius 2 is 2.00 bits per heavy atom. The maximum absolute atomic E-state index is 3.42. The number of hydrogen-bond acceptors (Lipinski definition) is 0. The van der Waals surface area contributed by atoms with E-state index in [9.17, 15) is 0 Å². The van der Waals surface area contributed by atoms with Gasteiger partial charge in [0.15, 0.2) is 0 Å². The van der Waals surface area contributed by atoms with Crippen LogP contribution in [0.2, 0.25) is 0 Å². The van der Waals surface area contributed by atoms with Gasteiger partial charge in [0, 0.05) is 6.42 Å². The number of benzene rings is 1. The molecule has 0 saturated carbocycles. The van der Waals surface area contributed by atoms with E-state index in [1.54, 1.807) is 0 Å². The maximum Gasteiger partial charge on any atom is 0.276 e. The van der Waals surface area contributed by atoms with Gasteiger partial charge in [0.1, 0.15) is 0 Å². The quantitative estimate of drug-likeness (QED) is 0.578. The van der Waals surface area contributed by atoms with E-state index < -0.39 is 0 Å². The van der Waals surface area contributed by atoms with Crippen molar-refractivity contribution in [2.45, 2.75) is 6.42 Å². The molecule has 0 bridgehead atoms. The first-order valence-electron chi connectivity index (χ1n) is 4.65. The summed E-state index contributed by atoms with van der Waals surface area (Å²) in [6.45, 7) is 1.05. The number of amidine groups is 1. The van der Waals surface area contributed by atoms with Crippen molar-refractivity contribution in [3.05, 3.63) is 35.4 Å². The summed E-state index contributed by atoms with van der Waals surface area (Å²) in [5, 5.41) is 3.42. The lowest BCUT2D eigenvalue weighted by atomic mass is 10.0. The van der Waals surface area contributed by atoms with E-state index in [-0.39, 0.29) is 0 Å².